The standard InChI is InChI=1S/C10H20NP/c1-2-6-10(7-3-1)11-12-8-4-5-9-12/h10-11H,1-9H2. The van der Waals surface area contributed by atoms with E-state index in [9.17, 15) is 0 Å². The molecule has 0 aromatic rings. The summed E-state index contributed by atoms with van der Waals surface area (Å²) < 4.78 is 0. The molecule has 0 unspecified atom stereocenters. The summed E-state index contributed by atoms with van der Waals surface area (Å²) in [6.07, 6.45) is 13.3. The summed E-state index contributed by atoms with van der Waals surface area (Å²) in [5.74, 6) is 0. The first-order chi connectivity index (χ1) is 5.95. The van der Waals surface area contributed by atoms with Crippen LogP contribution in [0.25, 0.3) is 0 Å². The topological polar surface area (TPSA) is 12.0 Å². The first kappa shape index (κ1) is 8.97. The van der Waals surface area contributed by atoms with Crippen LogP contribution in [0.3, 0.4) is 0 Å². The van der Waals surface area contributed by atoms with Crippen LogP contribution in [0.2, 0.25) is 0 Å². The maximum atomic E-state index is 3.88. The smallest absolute Gasteiger partial charge is 0.0103 e. The number of nitrogens with one attached hydrogen (secondary N) is 1. The van der Waals surface area contributed by atoms with Crippen molar-refractivity contribution in [2.24, 2.45) is 0 Å². The summed E-state index contributed by atoms with van der Waals surface area (Å²) in [5.41, 5.74) is 0. The molecule has 0 spiro atoms. The third kappa shape index (κ3) is 2.44. The maximum Gasteiger partial charge on any atom is 0.0103 e. The SMILES string of the molecule is C1CCC(NP2CCCC2)CC1. The first-order valence-corrected chi connectivity index (χ1v) is 7.17. The van der Waals surface area contributed by atoms with Crippen molar-refractivity contribution < 1.29 is 0 Å². The van der Waals surface area contributed by atoms with E-state index in [0.29, 0.717) is 0 Å². The van der Waals surface area contributed by atoms with Crippen LogP contribution in [0.4, 0.5) is 0 Å². The second-order valence-electron chi connectivity index (χ2n) is 4.16. The predicted octanol–water partition coefficient (Wildman–Crippen LogP) is 3.10. The Labute approximate surface area is 77.1 Å². The molecule has 2 rings (SSSR count). The second-order valence-corrected chi connectivity index (χ2v) is 6.39. The quantitative estimate of drug-likeness (QED) is 0.652. The van der Waals surface area contributed by atoms with E-state index >= 15 is 0 Å². The van der Waals surface area contributed by atoms with Crippen LogP contribution in [-0.4, -0.2) is 18.4 Å². The fourth-order valence-electron chi connectivity index (χ4n) is 2.34. The molecule has 0 atom stereocenters. The lowest BCUT2D eigenvalue weighted by Crippen LogP contribution is -2.27. The number of hydrogen-bond donors (Lipinski definition) is 1. The van der Waals surface area contributed by atoms with Crippen molar-refractivity contribution in [1.29, 1.82) is 0 Å². The highest BCUT2D eigenvalue weighted by atomic mass is 31.1. The zero-order valence-electron chi connectivity index (χ0n) is 7.89. The molecule has 2 aliphatic rings. The molecule has 1 saturated heterocycles. The molecule has 0 radical (unpaired) electrons. The lowest BCUT2D eigenvalue weighted by atomic mass is 9.96. The lowest BCUT2D eigenvalue weighted by Gasteiger charge is -2.26. The van der Waals surface area contributed by atoms with Gasteiger partial charge in [0.05, 0.1) is 0 Å². The van der Waals surface area contributed by atoms with Gasteiger partial charge in [0, 0.05) is 6.04 Å². The average Bonchev–Trinajstić information content (AvgIpc) is 2.59. The van der Waals surface area contributed by atoms with E-state index in [1.807, 2.05) is 0 Å². The molecule has 0 bridgehead atoms. The first-order valence-electron chi connectivity index (χ1n) is 5.46. The molecule has 1 saturated carbocycles. The van der Waals surface area contributed by atoms with Crippen LogP contribution in [0.15, 0.2) is 0 Å². The van der Waals surface area contributed by atoms with Crippen molar-refractivity contribution in [1.82, 2.24) is 5.09 Å². The Balaban J connectivity index is 1.69. The van der Waals surface area contributed by atoms with Crippen LogP contribution in [0.5, 0.6) is 0 Å². The molecular formula is C10H20NP. The molecule has 1 aliphatic carbocycles. The van der Waals surface area contributed by atoms with Gasteiger partial charge in [-0.1, -0.05) is 19.3 Å². The van der Waals surface area contributed by atoms with E-state index in [4.69, 9.17) is 0 Å². The van der Waals surface area contributed by atoms with E-state index < -0.39 is 0 Å². The predicted molar refractivity (Wildman–Crippen MR) is 55.9 cm³/mol. The largest absolute Gasteiger partial charge is 0.293 e. The number of hydrogen-bond acceptors (Lipinski definition) is 1. The van der Waals surface area contributed by atoms with Gasteiger partial charge >= 0.3 is 0 Å². The second kappa shape index (κ2) is 4.58. The van der Waals surface area contributed by atoms with Gasteiger partial charge in [-0.2, -0.15) is 0 Å². The Morgan fingerprint density at radius 2 is 1.50 bits per heavy atom. The van der Waals surface area contributed by atoms with Crippen LogP contribution in [-0.2, 0) is 0 Å². The molecule has 12 heavy (non-hydrogen) atoms. The van der Waals surface area contributed by atoms with Crippen molar-refractivity contribution >= 4 is 8.07 Å². The van der Waals surface area contributed by atoms with E-state index in [1.165, 1.54) is 57.3 Å². The summed E-state index contributed by atoms with van der Waals surface area (Å²) in [7, 11) is 0.282. The van der Waals surface area contributed by atoms with Crippen LogP contribution < -0.4 is 5.09 Å². The van der Waals surface area contributed by atoms with E-state index in [-0.39, 0.29) is 8.07 Å². The number of rotatable bonds is 2. The highest BCUT2D eigenvalue weighted by molar-refractivity contribution is 7.55. The third-order valence-corrected chi connectivity index (χ3v) is 5.52. The van der Waals surface area contributed by atoms with Gasteiger partial charge in [0.1, 0.15) is 0 Å². The average molecular weight is 185 g/mol. The zero-order valence-corrected chi connectivity index (χ0v) is 8.78. The van der Waals surface area contributed by atoms with Crippen molar-refractivity contribution in [3.63, 3.8) is 0 Å². The minimum atomic E-state index is 0.282. The van der Waals surface area contributed by atoms with Gasteiger partial charge in [-0.25, -0.2) is 0 Å². The summed E-state index contributed by atoms with van der Waals surface area (Å²) in [4.78, 5) is 0. The Kier molecular flexibility index (Phi) is 3.42. The van der Waals surface area contributed by atoms with Gasteiger partial charge in [-0.3, -0.25) is 5.09 Å². The molecule has 0 aromatic heterocycles. The zero-order chi connectivity index (χ0) is 8.23. The van der Waals surface area contributed by atoms with Crippen molar-refractivity contribution in [3.8, 4) is 0 Å². The van der Waals surface area contributed by atoms with E-state index in [1.54, 1.807) is 0 Å². The van der Waals surface area contributed by atoms with Crippen LogP contribution in [0.1, 0.15) is 44.9 Å². The Bertz CT molecular complexity index is 126. The van der Waals surface area contributed by atoms with Gasteiger partial charge in [0.2, 0.25) is 0 Å². The molecule has 0 amide bonds. The molecule has 1 heterocycles. The monoisotopic (exact) mass is 185 g/mol. The lowest BCUT2D eigenvalue weighted by molar-refractivity contribution is 0.421. The van der Waals surface area contributed by atoms with Gasteiger partial charge in [0.15, 0.2) is 0 Å². The highest BCUT2D eigenvalue weighted by Gasteiger charge is 2.19. The van der Waals surface area contributed by atoms with Gasteiger partial charge in [0.25, 0.3) is 0 Å². The van der Waals surface area contributed by atoms with Crippen LogP contribution in [0, 0.1) is 0 Å². The van der Waals surface area contributed by atoms with Crippen LogP contribution >= 0.6 is 8.07 Å². The fraction of sp³-hybridized carbons (Fsp3) is 1.00. The molecule has 1 N–H and O–H groups in total. The normalized spacial score (nSPS) is 28.0. The van der Waals surface area contributed by atoms with E-state index in [2.05, 4.69) is 5.09 Å². The van der Waals surface area contributed by atoms with Gasteiger partial charge < -0.3 is 0 Å². The highest BCUT2D eigenvalue weighted by Crippen LogP contribution is 2.40. The molecular weight excluding hydrogens is 165 g/mol. The molecule has 1 aliphatic heterocycles. The summed E-state index contributed by atoms with van der Waals surface area (Å²) in [6.45, 7) is 0. The Hall–Kier alpha value is 0.390. The molecule has 0 aromatic carbocycles. The minimum absolute atomic E-state index is 0.282. The molecule has 2 fully saturated rings. The molecule has 70 valence electrons. The summed E-state index contributed by atoms with van der Waals surface area (Å²) >= 11 is 0. The fourth-order valence-corrected chi connectivity index (χ4v) is 4.80. The minimum Gasteiger partial charge on any atom is -0.293 e. The summed E-state index contributed by atoms with van der Waals surface area (Å²) in [6, 6.07) is 0.906. The van der Waals surface area contributed by atoms with Gasteiger partial charge in [-0.15, -0.1) is 0 Å². The molecule has 1 nitrogen and oxygen atoms in total. The van der Waals surface area contributed by atoms with Crippen molar-refractivity contribution in [2.75, 3.05) is 12.3 Å². The Morgan fingerprint density at radius 1 is 0.833 bits per heavy atom. The summed E-state index contributed by atoms with van der Waals surface area (Å²) in [5, 5.41) is 3.88. The maximum absolute atomic E-state index is 3.88. The van der Waals surface area contributed by atoms with Crippen molar-refractivity contribution in [2.45, 2.75) is 51.0 Å². The molecule has 2 heteroatoms. The Morgan fingerprint density at radius 3 is 2.17 bits per heavy atom. The third-order valence-electron chi connectivity index (χ3n) is 3.08. The van der Waals surface area contributed by atoms with Gasteiger partial charge in [-0.05, 0) is 46.1 Å². The van der Waals surface area contributed by atoms with Crippen molar-refractivity contribution in [3.05, 3.63) is 0 Å². The van der Waals surface area contributed by atoms with E-state index in [0.717, 1.165) is 6.04 Å².